The van der Waals surface area contributed by atoms with Crippen LogP contribution >= 0.6 is 11.8 Å². The molecule has 0 atom stereocenters. The SMILES string of the molecule is Cc1ccc(-n2cnnc2SCC(=O)NNC(=O)c2cc(C)oc2C)cc1. The lowest BCUT2D eigenvalue weighted by Gasteiger charge is -2.08. The summed E-state index contributed by atoms with van der Waals surface area (Å²) >= 11 is 1.22. The van der Waals surface area contributed by atoms with Crippen molar-refractivity contribution in [3.05, 3.63) is 59.3 Å². The standard InChI is InChI=1S/C18H19N5O3S/c1-11-4-6-14(7-5-11)23-10-19-22-18(23)27-9-16(24)20-21-17(25)15-8-12(2)26-13(15)3/h4-8,10H,9H2,1-3H3,(H,20,24)(H,21,25). The van der Waals surface area contributed by atoms with Gasteiger partial charge in [0.25, 0.3) is 5.91 Å². The summed E-state index contributed by atoms with van der Waals surface area (Å²) in [5.74, 6) is 0.429. The second-order valence-corrected chi connectivity index (χ2v) is 6.88. The number of carbonyl (C=O) groups is 2. The van der Waals surface area contributed by atoms with E-state index in [0.29, 0.717) is 22.2 Å². The molecule has 140 valence electrons. The van der Waals surface area contributed by atoms with Gasteiger partial charge in [0.05, 0.1) is 11.3 Å². The predicted octanol–water partition coefficient (Wildman–Crippen LogP) is 2.34. The number of rotatable bonds is 5. The molecule has 2 N–H and O–H groups in total. The molecule has 0 unspecified atom stereocenters. The second kappa shape index (κ2) is 8.09. The first-order chi connectivity index (χ1) is 12.9. The van der Waals surface area contributed by atoms with Gasteiger partial charge in [-0.15, -0.1) is 10.2 Å². The molecule has 2 aromatic heterocycles. The fraction of sp³-hybridized carbons (Fsp3) is 0.222. The summed E-state index contributed by atoms with van der Waals surface area (Å²) in [6, 6.07) is 9.52. The average molecular weight is 385 g/mol. The monoisotopic (exact) mass is 385 g/mol. The summed E-state index contributed by atoms with van der Waals surface area (Å²) in [4.78, 5) is 24.1. The quantitative estimate of drug-likeness (QED) is 0.516. The van der Waals surface area contributed by atoms with Gasteiger partial charge in [0.1, 0.15) is 17.8 Å². The van der Waals surface area contributed by atoms with Gasteiger partial charge in [0, 0.05) is 5.69 Å². The highest BCUT2D eigenvalue weighted by Crippen LogP contribution is 2.19. The smallest absolute Gasteiger partial charge is 0.273 e. The number of benzene rings is 1. The third-order valence-corrected chi connectivity index (χ3v) is 4.71. The Hall–Kier alpha value is -3.07. The molecule has 0 radical (unpaired) electrons. The first-order valence-corrected chi connectivity index (χ1v) is 9.18. The van der Waals surface area contributed by atoms with E-state index in [1.54, 1.807) is 30.8 Å². The van der Waals surface area contributed by atoms with E-state index in [-0.39, 0.29) is 11.7 Å². The van der Waals surface area contributed by atoms with Crippen molar-refractivity contribution in [3.8, 4) is 5.69 Å². The van der Waals surface area contributed by atoms with Crippen LogP contribution in [0.5, 0.6) is 0 Å². The third-order valence-electron chi connectivity index (χ3n) is 3.76. The lowest BCUT2D eigenvalue weighted by atomic mass is 10.2. The van der Waals surface area contributed by atoms with Crippen molar-refractivity contribution in [2.75, 3.05) is 5.75 Å². The molecule has 0 fully saturated rings. The van der Waals surface area contributed by atoms with Crippen LogP contribution in [0.3, 0.4) is 0 Å². The van der Waals surface area contributed by atoms with E-state index in [1.165, 1.54) is 11.8 Å². The zero-order chi connectivity index (χ0) is 19.4. The molecule has 0 aliphatic carbocycles. The number of nitrogens with zero attached hydrogens (tertiary/aromatic N) is 3. The van der Waals surface area contributed by atoms with E-state index in [2.05, 4.69) is 21.0 Å². The number of thioether (sulfide) groups is 1. The highest BCUT2D eigenvalue weighted by atomic mass is 32.2. The lowest BCUT2D eigenvalue weighted by molar-refractivity contribution is -0.119. The number of aryl methyl sites for hydroxylation is 3. The number of aromatic nitrogens is 3. The molecule has 3 aromatic rings. The molecule has 8 nitrogen and oxygen atoms in total. The van der Waals surface area contributed by atoms with E-state index in [1.807, 2.05) is 31.2 Å². The molecule has 0 aliphatic rings. The van der Waals surface area contributed by atoms with E-state index in [9.17, 15) is 9.59 Å². The van der Waals surface area contributed by atoms with Crippen LogP contribution in [0.15, 0.2) is 46.2 Å². The molecule has 9 heteroatoms. The number of furan rings is 1. The van der Waals surface area contributed by atoms with Crippen LogP contribution in [0.25, 0.3) is 5.69 Å². The van der Waals surface area contributed by atoms with Gasteiger partial charge in [-0.25, -0.2) is 0 Å². The maximum absolute atomic E-state index is 12.1. The van der Waals surface area contributed by atoms with Gasteiger partial charge in [0.2, 0.25) is 5.91 Å². The molecule has 0 aliphatic heterocycles. The molecular weight excluding hydrogens is 366 g/mol. The molecule has 1 aromatic carbocycles. The first kappa shape index (κ1) is 18.7. The van der Waals surface area contributed by atoms with Crippen LogP contribution < -0.4 is 10.9 Å². The number of amides is 2. The van der Waals surface area contributed by atoms with Crippen molar-refractivity contribution < 1.29 is 14.0 Å². The van der Waals surface area contributed by atoms with Crippen LogP contribution in [0, 0.1) is 20.8 Å². The second-order valence-electron chi connectivity index (χ2n) is 5.94. The molecule has 2 heterocycles. The number of hydrogen-bond acceptors (Lipinski definition) is 6. The van der Waals surface area contributed by atoms with Gasteiger partial charge in [-0.3, -0.25) is 25.0 Å². The Morgan fingerprint density at radius 1 is 1.15 bits per heavy atom. The van der Waals surface area contributed by atoms with Gasteiger partial charge < -0.3 is 4.42 Å². The van der Waals surface area contributed by atoms with E-state index < -0.39 is 5.91 Å². The van der Waals surface area contributed by atoms with Crippen LogP contribution in [-0.2, 0) is 4.79 Å². The van der Waals surface area contributed by atoms with Crippen LogP contribution in [0.1, 0.15) is 27.4 Å². The van der Waals surface area contributed by atoms with E-state index >= 15 is 0 Å². The Morgan fingerprint density at radius 3 is 2.56 bits per heavy atom. The van der Waals surface area contributed by atoms with Crippen molar-refractivity contribution in [2.24, 2.45) is 0 Å². The summed E-state index contributed by atoms with van der Waals surface area (Å²) in [6.07, 6.45) is 1.59. The highest BCUT2D eigenvalue weighted by molar-refractivity contribution is 7.99. The summed E-state index contributed by atoms with van der Waals surface area (Å²) in [6.45, 7) is 5.46. The molecule has 0 saturated heterocycles. The van der Waals surface area contributed by atoms with E-state index in [0.717, 1.165) is 11.3 Å². The highest BCUT2D eigenvalue weighted by Gasteiger charge is 2.15. The average Bonchev–Trinajstić information content (AvgIpc) is 3.24. The summed E-state index contributed by atoms with van der Waals surface area (Å²) < 4.78 is 7.11. The molecule has 0 spiro atoms. The lowest BCUT2D eigenvalue weighted by Crippen LogP contribution is -2.42. The molecule has 2 amide bonds. The van der Waals surface area contributed by atoms with Crippen molar-refractivity contribution >= 4 is 23.6 Å². The Balaban J connectivity index is 1.54. The molecule has 0 saturated carbocycles. The maximum atomic E-state index is 12.1. The molecule has 27 heavy (non-hydrogen) atoms. The molecular formula is C18H19N5O3S. The zero-order valence-corrected chi connectivity index (χ0v) is 16.0. The molecule has 3 rings (SSSR count). The largest absolute Gasteiger partial charge is 0.466 e. The van der Waals surface area contributed by atoms with Crippen LogP contribution in [0.2, 0.25) is 0 Å². The van der Waals surface area contributed by atoms with Crippen LogP contribution in [-0.4, -0.2) is 32.3 Å². The summed E-state index contributed by atoms with van der Waals surface area (Å²) in [7, 11) is 0. The number of carbonyl (C=O) groups excluding carboxylic acids is 2. The topological polar surface area (TPSA) is 102 Å². The third kappa shape index (κ3) is 4.56. The minimum absolute atomic E-state index is 0.0776. The van der Waals surface area contributed by atoms with Gasteiger partial charge >= 0.3 is 0 Å². The fourth-order valence-electron chi connectivity index (χ4n) is 2.42. The number of nitrogens with one attached hydrogen (secondary N) is 2. The van der Waals surface area contributed by atoms with Gasteiger partial charge in [-0.05, 0) is 39.0 Å². The fourth-order valence-corrected chi connectivity index (χ4v) is 3.15. The molecule has 0 bridgehead atoms. The Morgan fingerprint density at radius 2 is 1.89 bits per heavy atom. The van der Waals surface area contributed by atoms with E-state index in [4.69, 9.17) is 4.42 Å². The number of hydrazine groups is 1. The predicted molar refractivity (Wildman–Crippen MR) is 101 cm³/mol. The van der Waals surface area contributed by atoms with Crippen molar-refractivity contribution in [1.29, 1.82) is 0 Å². The Bertz CT molecular complexity index is 962. The first-order valence-electron chi connectivity index (χ1n) is 8.20. The number of hydrogen-bond donors (Lipinski definition) is 2. The van der Waals surface area contributed by atoms with Crippen molar-refractivity contribution in [2.45, 2.75) is 25.9 Å². The van der Waals surface area contributed by atoms with Crippen LogP contribution in [0.4, 0.5) is 0 Å². The summed E-state index contributed by atoms with van der Waals surface area (Å²) in [5, 5.41) is 8.53. The van der Waals surface area contributed by atoms with Crippen molar-refractivity contribution in [1.82, 2.24) is 25.6 Å². The normalized spacial score (nSPS) is 10.6. The Labute approximate surface area is 160 Å². The maximum Gasteiger partial charge on any atom is 0.273 e. The van der Waals surface area contributed by atoms with Gasteiger partial charge in [-0.2, -0.15) is 0 Å². The zero-order valence-electron chi connectivity index (χ0n) is 15.1. The summed E-state index contributed by atoms with van der Waals surface area (Å²) in [5.41, 5.74) is 7.22. The minimum atomic E-state index is -0.425. The van der Waals surface area contributed by atoms with Gasteiger partial charge in [0.15, 0.2) is 5.16 Å². The Kier molecular flexibility index (Phi) is 5.60. The minimum Gasteiger partial charge on any atom is -0.466 e. The van der Waals surface area contributed by atoms with Crippen molar-refractivity contribution in [3.63, 3.8) is 0 Å². The van der Waals surface area contributed by atoms with Gasteiger partial charge in [-0.1, -0.05) is 29.5 Å².